The van der Waals surface area contributed by atoms with Gasteiger partial charge >= 0.3 is 0 Å². The number of phenolic OH excluding ortho intramolecular Hbond substituents is 1. The highest BCUT2D eigenvalue weighted by molar-refractivity contribution is 5.68. The molecule has 0 aromatic heterocycles. The molecule has 3 heteroatoms. The average Bonchev–Trinajstić information content (AvgIpc) is 2.66. The smallest absolute Gasteiger partial charge is 0.134 e. The SMILES string of the molecule is C[C@]12CCC(c3ccc(O)cc3F)=CC1CC[C@@H]2O. The third-order valence-electron chi connectivity index (χ3n) is 4.99. The molecule has 2 N–H and O–H groups in total. The number of phenols is 1. The van der Waals surface area contributed by atoms with Crippen molar-refractivity contribution in [3.8, 4) is 5.75 Å². The second kappa shape index (κ2) is 4.34. The number of hydrogen-bond donors (Lipinski definition) is 2. The minimum Gasteiger partial charge on any atom is -0.508 e. The monoisotopic (exact) mass is 262 g/mol. The van der Waals surface area contributed by atoms with Crippen molar-refractivity contribution in [3.63, 3.8) is 0 Å². The van der Waals surface area contributed by atoms with Gasteiger partial charge in [0.1, 0.15) is 11.6 Å². The molecule has 1 aromatic carbocycles. The fraction of sp³-hybridized carbons (Fsp3) is 0.500. The van der Waals surface area contributed by atoms with Crippen LogP contribution in [0.4, 0.5) is 4.39 Å². The Morgan fingerprint density at radius 1 is 1.32 bits per heavy atom. The van der Waals surface area contributed by atoms with E-state index in [4.69, 9.17) is 0 Å². The Labute approximate surface area is 112 Å². The van der Waals surface area contributed by atoms with Crippen molar-refractivity contribution in [2.75, 3.05) is 0 Å². The van der Waals surface area contributed by atoms with Crippen LogP contribution in [0.1, 0.15) is 38.2 Å². The van der Waals surface area contributed by atoms with E-state index in [-0.39, 0.29) is 23.1 Å². The van der Waals surface area contributed by atoms with Gasteiger partial charge in [-0.2, -0.15) is 0 Å². The maximum atomic E-state index is 13.9. The van der Waals surface area contributed by atoms with Gasteiger partial charge in [-0.25, -0.2) is 4.39 Å². The van der Waals surface area contributed by atoms with Crippen LogP contribution in [0.15, 0.2) is 24.3 Å². The van der Waals surface area contributed by atoms with Crippen molar-refractivity contribution < 1.29 is 14.6 Å². The van der Waals surface area contributed by atoms with Crippen LogP contribution in [-0.4, -0.2) is 16.3 Å². The standard InChI is InChI=1S/C16H19FO2/c1-16-7-6-10(8-11(16)2-5-15(16)19)13-4-3-12(18)9-14(13)17/h3-4,8-9,11,15,18-19H,2,5-7H2,1H3/t11?,15-,16-/m0/s1. The van der Waals surface area contributed by atoms with E-state index in [0.29, 0.717) is 11.5 Å². The van der Waals surface area contributed by atoms with Crippen LogP contribution in [0.2, 0.25) is 0 Å². The number of fused-ring (bicyclic) bond motifs is 1. The van der Waals surface area contributed by atoms with Gasteiger partial charge in [-0.15, -0.1) is 0 Å². The molecule has 0 radical (unpaired) electrons. The predicted molar refractivity (Wildman–Crippen MR) is 72.1 cm³/mol. The number of aliphatic hydroxyl groups excluding tert-OH is 1. The number of hydrogen-bond acceptors (Lipinski definition) is 2. The second-order valence-electron chi connectivity index (χ2n) is 6.06. The van der Waals surface area contributed by atoms with Crippen molar-refractivity contribution in [1.29, 1.82) is 0 Å². The topological polar surface area (TPSA) is 40.5 Å². The van der Waals surface area contributed by atoms with Crippen LogP contribution in [0.3, 0.4) is 0 Å². The Bertz CT molecular complexity index is 538. The first-order valence-corrected chi connectivity index (χ1v) is 6.88. The zero-order valence-electron chi connectivity index (χ0n) is 11.1. The van der Waals surface area contributed by atoms with E-state index in [1.165, 1.54) is 6.07 Å². The van der Waals surface area contributed by atoms with Crippen molar-refractivity contribution in [2.24, 2.45) is 11.3 Å². The quantitative estimate of drug-likeness (QED) is 0.813. The zero-order valence-corrected chi connectivity index (χ0v) is 11.1. The number of rotatable bonds is 1. The molecule has 0 amide bonds. The highest BCUT2D eigenvalue weighted by atomic mass is 19.1. The molecule has 2 aliphatic rings. The maximum absolute atomic E-state index is 13.9. The highest BCUT2D eigenvalue weighted by Gasteiger charge is 2.46. The molecular weight excluding hydrogens is 243 g/mol. The van der Waals surface area contributed by atoms with Gasteiger partial charge in [0.15, 0.2) is 0 Å². The molecule has 0 saturated heterocycles. The third-order valence-corrected chi connectivity index (χ3v) is 4.99. The molecule has 1 unspecified atom stereocenters. The van der Waals surface area contributed by atoms with Crippen molar-refractivity contribution in [1.82, 2.24) is 0 Å². The van der Waals surface area contributed by atoms with Crippen LogP contribution in [0.5, 0.6) is 5.75 Å². The fourth-order valence-electron chi connectivity index (χ4n) is 3.59. The molecular formula is C16H19FO2. The van der Waals surface area contributed by atoms with Gasteiger partial charge in [0.05, 0.1) is 6.10 Å². The predicted octanol–water partition coefficient (Wildman–Crippen LogP) is 3.49. The summed E-state index contributed by atoms with van der Waals surface area (Å²) in [5.74, 6) is -0.0772. The normalized spacial score (nSPS) is 33.9. The van der Waals surface area contributed by atoms with Gasteiger partial charge in [-0.1, -0.05) is 13.0 Å². The summed E-state index contributed by atoms with van der Waals surface area (Å²) in [6.45, 7) is 2.13. The molecule has 0 spiro atoms. The first kappa shape index (κ1) is 12.7. The van der Waals surface area contributed by atoms with E-state index >= 15 is 0 Å². The van der Waals surface area contributed by atoms with Crippen LogP contribution >= 0.6 is 0 Å². The van der Waals surface area contributed by atoms with Crippen LogP contribution in [0, 0.1) is 17.2 Å². The largest absolute Gasteiger partial charge is 0.508 e. The van der Waals surface area contributed by atoms with E-state index < -0.39 is 0 Å². The molecule has 0 aliphatic heterocycles. The van der Waals surface area contributed by atoms with Crippen LogP contribution in [-0.2, 0) is 0 Å². The number of aromatic hydroxyl groups is 1. The Balaban J connectivity index is 1.96. The number of aliphatic hydroxyl groups is 1. The van der Waals surface area contributed by atoms with Gasteiger partial charge in [-0.05, 0) is 49.3 Å². The van der Waals surface area contributed by atoms with Crippen molar-refractivity contribution in [3.05, 3.63) is 35.7 Å². The molecule has 3 atom stereocenters. The molecule has 0 heterocycles. The minimum absolute atomic E-state index is 0.0428. The first-order chi connectivity index (χ1) is 9.00. The van der Waals surface area contributed by atoms with E-state index in [1.807, 2.05) is 0 Å². The fourth-order valence-corrected chi connectivity index (χ4v) is 3.59. The lowest BCUT2D eigenvalue weighted by atomic mass is 9.69. The number of halogens is 1. The van der Waals surface area contributed by atoms with Crippen molar-refractivity contribution >= 4 is 5.57 Å². The summed E-state index contributed by atoms with van der Waals surface area (Å²) >= 11 is 0. The van der Waals surface area contributed by atoms with Gasteiger partial charge in [0.25, 0.3) is 0 Å². The molecule has 1 saturated carbocycles. The summed E-state index contributed by atoms with van der Waals surface area (Å²) < 4.78 is 13.9. The third kappa shape index (κ3) is 1.96. The van der Waals surface area contributed by atoms with Crippen LogP contribution < -0.4 is 0 Å². The lowest BCUT2D eigenvalue weighted by molar-refractivity contribution is 0.0419. The van der Waals surface area contributed by atoms with E-state index in [2.05, 4.69) is 13.0 Å². The summed E-state index contributed by atoms with van der Waals surface area (Å²) in [6.07, 6.45) is 5.38. The molecule has 1 aromatic rings. The Kier molecular flexibility index (Phi) is 2.90. The molecule has 102 valence electrons. The average molecular weight is 262 g/mol. The van der Waals surface area contributed by atoms with Gasteiger partial charge < -0.3 is 10.2 Å². The maximum Gasteiger partial charge on any atom is 0.134 e. The van der Waals surface area contributed by atoms with E-state index in [1.54, 1.807) is 6.07 Å². The van der Waals surface area contributed by atoms with Gasteiger partial charge in [0.2, 0.25) is 0 Å². The highest BCUT2D eigenvalue weighted by Crippen LogP contribution is 2.52. The summed E-state index contributed by atoms with van der Waals surface area (Å²) in [4.78, 5) is 0. The van der Waals surface area contributed by atoms with Gasteiger partial charge in [0, 0.05) is 17.0 Å². The molecule has 3 rings (SSSR count). The molecule has 2 aliphatic carbocycles. The summed E-state index contributed by atoms with van der Waals surface area (Å²) in [6, 6.07) is 4.33. The summed E-state index contributed by atoms with van der Waals surface area (Å²) in [5, 5.41) is 19.4. The Morgan fingerprint density at radius 2 is 2.11 bits per heavy atom. The second-order valence-corrected chi connectivity index (χ2v) is 6.06. The molecule has 19 heavy (non-hydrogen) atoms. The number of allylic oxidation sites excluding steroid dienone is 2. The van der Waals surface area contributed by atoms with Gasteiger partial charge in [-0.3, -0.25) is 0 Å². The zero-order chi connectivity index (χ0) is 13.6. The van der Waals surface area contributed by atoms with E-state index in [0.717, 1.165) is 37.3 Å². The Hall–Kier alpha value is -1.35. The minimum atomic E-state index is -0.367. The van der Waals surface area contributed by atoms with Crippen molar-refractivity contribution in [2.45, 2.75) is 38.7 Å². The molecule has 2 nitrogen and oxygen atoms in total. The lowest BCUT2D eigenvalue weighted by Gasteiger charge is -2.37. The van der Waals surface area contributed by atoms with Crippen LogP contribution in [0.25, 0.3) is 5.57 Å². The number of benzene rings is 1. The lowest BCUT2D eigenvalue weighted by Crippen LogP contribution is -2.33. The summed E-state index contributed by atoms with van der Waals surface area (Å²) in [5.41, 5.74) is 1.55. The van der Waals surface area contributed by atoms with E-state index in [9.17, 15) is 14.6 Å². The Morgan fingerprint density at radius 3 is 2.84 bits per heavy atom. The molecule has 1 fully saturated rings. The molecule has 0 bridgehead atoms. The summed E-state index contributed by atoms with van der Waals surface area (Å²) in [7, 11) is 0. The first-order valence-electron chi connectivity index (χ1n) is 6.88.